The van der Waals surface area contributed by atoms with Crippen molar-refractivity contribution in [3.05, 3.63) is 64.2 Å². The van der Waals surface area contributed by atoms with Crippen LogP contribution in [0.2, 0.25) is 18.1 Å². The van der Waals surface area contributed by atoms with E-state index in [1.807, 2.05) is 30.3 Å². The second-order valence-corrected chi connectivity index (χ2v) is 13.0. The van der Waals surface area contributed by atoms with Gasteiger partial charge in [0.1, 0.15) is 12.7 Å². The lowest BCUT2D eigenvalue weighted by atomic mass is 10.2. The smallest absolute Gasteiger partial charge is 0.227 e. The van der Waals surface area contributed by atoms with Gasteiger partial charge in [-0.1, -0.05) is 51.1 Å². The first kappa shape index (κ1) is 21.4. The van der Waals surface area contributed by atoms with Crippen molar-refractivity contribution < 1.29 is 18.7 Å². The van der Waals surface area contributed by atoms with Gasteiger partial charge in [0.05, 0.1) is 6.26 Å². The van der Waals surface area contributed by atoms with Gasteiger partial charge in [0.2, 0.25) is 11.2 Å². The fourth-order valence-corrected chi connectivity index (χ4v) is 3.36. The predicted molar refractivity (Wildman–Crippen MR) is 108 cm³/mol. The van der Waals surface area contributed by atoms with Crippen LogP contribution in [0.1, 0.15) is 44.6 Å². The molecule has 1 atom stereocenters. The largest absolute Gasteiger partial charge is 0.482 e. The number of rotatable bonds is 8. The Morgan fingerprint density at radius 3 is 2.44 bits per heavy atom. The second kappa shape index (κ2) is 8.86. The molecule has 1 unspecified atom stereocenters. The number of aliphatic hydroxyl groups is 1. The number of aliphatic hydroxyl groups excluding tert-OH is 1. The van der Waals surface area contributed by atoms with Crippen molar-refractivity contribution in [1.82, 2.24) is 0 Å². The van der Waals surface area contributed by atoms with Crippen molar-refractivity contribution in [2.24, 2.45) is 0 Å². The van der Waals surface area contributed by atoms with E-state index in [4.69, 9.17) is 13.6 Å². The summed E-state index contributed by atoms with van der Waals surface area (Å²) < 4.78 is 17.2. The topological polar surface area (TPSA) is 68.9 Å². The lowest BCUT2D eigenvalue weighted by molar-refractivity contribution is 0.106. The summed E-state index contributed by atoms with van der Waals surface area (Å²) in [7, 11) is -1.89. The molecule has 0 spiro atoms. The fourth-order valence-electron chi connectivity index (χ4n) is 2.29. The van der Waals surface area contributed by atoms with Gasteiger partial charge in [-0.05, 0) is 23.7 Å². The molecule has 0 aliphatic carbocycles. The molecule has 2 rings (SSSR count). The van der Waals surface area contributed by atoms with Crippen molar-refractivity contribution in [2.45, 2.75) is 58.0 Å². The summed E-state index contributed by atoms with van der Waals surface area (Å²) in [5.41, 5.74) is 0.624. The lowest BCUT2D eigenvalue weighted by Crippen LogP contribution is -2.41. The Morgan fingerprint density at radius 2 is 1.81 bits per heavy atom. The zero-order valence-electron chi connectivity index (χ0n) is 16.8. The Hall–Kier alpha value is -1.89. The van der Waals surface area contributed by atoms with Gasteiger partial charge >= 0.3 is 0 Å². The zero-order chi connectivity index (χ0) is 20.1. The lowest BCUT2D eigenvalue weighted by Gasteiger charge is -2.36. The van der Waals surface area contributed by atoms with E-state index in [1.54, 1.807) is 0 Å². The van der Waals surface area contributed by atoms with Crippen molar-refractivity contribution in [3.63, 3.8) is 0 Å². The van der Waals surface area contributed by atoms with Crippen LogP contribution in [0.15, 0.2) is 51.9 Å². The molecule has 0 saturated heterocycles. The molecule has 5 nitrogen and oxygen atoms in total. The number of hydrogen-bond donors (Lipinski definition) is 1. The maximum Gasteiger partial charge on any atom is 0.227 e. The summed E-state index contributed by atoms with van der Waals surface area (Å²) in [5, 5.41) is 10.6. The van der Waals surface area contributed by atoms with Crippen molar-refractivity contribution >= 4 is 8.32 Å². The number of benzene rings is 1. The van der Waals surface area contributed by atoms with Crippen LogP contribution in [-0.4, -0.2) is 20.0 Å². The highest BCUT2D eigenvalue weighted by molar-refractivity contribution is 6.74. The first-order valence-electron chi connectivity index (χ1n) is 9.22. The molecule has 0 aliphatic rings. The molecule has 2 aromatic rings. The summed E-state index contributed by atoms with van der Waals surface area (Å²) in [6.45, 7) is 11.5. The van der Waals surface area contributed by atoms with Gasteiger partial charge in [-0.25, -0.2) is 0 Å². The molecule has 1 N–H and O–H groups in total. The van der Waals surface area contributed by atoms with Gasteiger partial charge in [0.25, 0.3) is 0 Å². The molecule has 0 radical (unpaired) electrons. The van der Waals surface area contributed by atoms with Gasteiger partial charge in [-0.2, -0.15) is 0 Å². The molecular weight excluding hydrogens is 360 g/mol. The third-order valence-electron chi connectivity index (χ3n) is 5.05. The Labute approximate surface area is 162 Å². The van der Waals surface area contributed by atoms with Crippen molar-refractivity contribution in [2.75, 3.05) is 6.61 Å². The molecule has 0 fully saturated rings. The molecule has 6 heteroatoms. The molecule has 0 amide bonds. The molecular formula is C21H30O5Si. The van der Waals surface area contributed by atoms with Crippen LogP contribution in [0, 0.1) is 0 Å². The summed E-state index contributed by atoms with van der Waals surface area (Å²) >= 11 is 0. The van der Waals surface area contributed by atoms with Gasteiger partial charge < -0.3 is 18.7 Å². The quantitative estimate of drug-likeness (QED) is 0.664. The van der Waals surface area contributed by atoms with Crippen LogP contribution in [0.3, 0.4) is 0 Å². The SMILES string of the molecule is CC(C)(C)[Si](C)(C)OCCC(O)c1occc(=O)c1OCc1ccccc1. The van der Waals surface area contributed by atoms with Crippen LogP contribution >= 0.6 is 0 Å². The van der Waals surface area contributed by atoms with Gasteiger partial charge in [-0.15, -0.1) is 0 Å². The van der Waals surface area contributed by atoms with Crippen LogP contribution in [0.25, 0.3) is 0 Å². The Kier molecular flexibility index (Phi) is 7.03. The van der Waals surface area contributed by atoms with Gasteiger partial charge in [0, 0.05) is 19.1 Å². The summed E-state index contributed by atoms with van der Waals surface area (Å²) in [4.78, 5) is 12.2. The average Bonchev–Trinajstić information content (AvgIpc) is 2.60. The minimum Gasteiger partial charge on any atom is -0.482 e. The highest BCUT2D eigenvalue weighted by Gasteiger charge is 2.37. The third kappa shape index (κ3) is 5.79. The maximum atomic E-state index is 12.2. The Balaban J connectivity index is 2.04. The summed E-state index contributed by atoms with van der Waals surface area (Å²) in [6.07, 6.45) is 0.654. The third-order valence-corrected chi connectivity index (χ3v) is 9.59. The Morgan fingerprint density at radius 1 is 1.15 bits per heavy atom. The maximum absolute atomic E-state index is 12.2. The van der Waals surface area contributed by atoms with E-state index < -0.39 is 14.4 Å². The van der Waals surface area contributed by atoms with Gasteiger partial charge in [-0.3, -0.25) is 4.79 Å². The highest BCUT2D eigenvalue weighted by Crippen LogP contribution is 2.37. The fraction of sp³-hybridized carbons (Fsp3) is 0.476. The summed E-state index contributed by atoms with van der Waals surface area (Å²) in [5.74, 6) is 0.207. The molecule has 1 aromatic carbocycles. The molecule has 148 valence electrons. The van der Waals surface area contributed by atoms with E-state index in [-0.39, 0.29) is 28.6 Å². The highest BCUT2D eigenvalue weighted by atomic mass is 28.4. The first-order chi connectivity index (χ1) is 12.6. The minimum atomic E-state index is -1.89. The standard InChI is InChI=1S/C21H30O5Si/c1-21(2,3)27(4,5)26-14-12-18(23)19-20(17(22)11-13-24-19)25-15-16-9-7-6-8-10-16/h6-11,13,18,23H,12,14-15H2,1-5H3. The van der Waals surface area contributed by atoms with Crippen LogP contribution < -0.4 is 10.2 Å². The normalized spacial score (nSPS) is 13.4. The minimum absolute atomic E-state index is 0.0566. The average molecular weight is 391 g/mol. The molecule has 0 saturated carbocycles. The van der Waals surface area contributed by atoms with Crippen LogP contribution in [0.4, 0.5) is 0 Å². The van der Waals surface area contributed by atoms with E-state index in [0.29, 0.717) is 13.0 Å². The molecule has 0 aliphatic heterocycles. The van der Waals surface area contributed by atoms with E-state index in [9.17, 15) is 9.90 Å². The molecule has 0 bridgehead atoms. The van der Waals surface area contributed by atoms with E-state index >= 15 is 0 Å². The van der Waals surface area contributed by atoms with E-state index in [1.165, 1.54) is 12.3 Å². The zero-order valence-corrected chi connectivity index (χ0v) is 17.8. The molecule has 1 heterocycles. The predicted octanol–water partition coefficient (Wildman–Crippen LogP) is 4.66. The first-order valence-corrected chi connectivity index (χ1v) is 12.1. The molecule has 27 heavy (non-hydrogen) atoms. The van der Waals surface area contributed by atoms with Gasteiger partial charge in [0.15, 0.2) is 14.1 Å². The Bertz CT molecular complexity index is 777. The summed E-state index contributed by atoms with van der Waals surface area (Å²) in [6, 6.07) is 10.8. The van der Waals surface area contributed by atoms with E-state index in [0.717, 1.165) is 5.56 Å². The second-order valence-electron chi connectivity index (χ2n) is 8.17. The monoisotopic (exact) mass is 390 g/mol. The van der Waals surface area contributed by atoms with E-state index in [2.05, 4.69) is 33.9 Å². The van der Waals surface area contributed by atoms with Crippen LogP contribution in [0.5, 0.6) is 5.75 Å². The van der Waals surface area contributed by atoms with Crippen LogP contribution in [-0.2, 0) is 11.0 Å². The van der Waals surface area contributed by atoms with Crippen molar-refractivity contribution in [1.29, 1.82) is 0 Å². The molecule has 1 aromatic heterocycles. The van der Waals surface area contributed by atoms with Crippen molar-refractivity contribution in [3.8, 4) is 5.75 Å². The number of hydrogen-bond acceptors (Lipinski definition) is 5. The number of ether oxygens (including phenoxy) is 1.